The molecule has 1 aromatic heterocycles. The van der Waals surface area contributed by atoms with Gasteiger partial charge >= 0.3 is 0 Å². The number of furan rings is 1. The number of nitrogens with zero attached hydrogens (tertiary/aromatic N) is 2. The zero-order chi connectivity index (χ0) is 18.4. The van der Waals surface area contributed by atoms with E-state index in [4.69, 9.17) is 14.1 Å². The third-order valence-electron chi connectivity index (χ3n) is 6.07. The Morgan fingerprint density at radius 1 is 1.33 bits per heavy atom. The number of rotatable bonds is 5. The molecule has 150 valence electrons. The highest BCUT2D eigenvalue weighted by Crippen LogP contribution is 2.42. The lowest BCUT2D eigenvalue weighted by Gasteiger charge is -2.45. The van der Waals surface area contributed by atoms with Crippen LogP contribution in [0, 0.1) is 5.92 Å². The van der Waals surface area contributed by atoms with Crippen molar-refractivity contribution in [1.82, 2.24) is 10.2 Å². The zero-order valence-electron chi connectivity index (χ0n) is 16.3. The van der Waals surface area contributed by atoms with Gasteiger partial charge in [0.1, 0.15) is 5.76 Å². The average Bonchev–Trinajstić information content (AvgIpc) is 3.39. The molecule has 27 heavy (non-hydrogen) atoms. The lowest BCUT2D eigenvalue weighted by molar-refractivity contribution is 0.187. The SMILES string of the molecule is c1coc(CCNC(=NCC2CCOC2)N2CCSC3(CCCCC3)C2)c1. The minimum atomic E-state index is 0.455. The first-order valence-corrected chi connectivity index (χ1v) is 11.6. The summed E-state index contributed by atoms with van der Waals surface area (Å²) in [6, 6.07) is 4.00. The molecule has 0 amide bonds. The monoisotopic (exact) mass is 391 g/mol. The van der Waals surface area contributed by atoms with Crippen LogP contribution in [-0.4, -0.2) is 60.8 Å². The van der Waals surface area contributed by atoms with Crippen LogP contribution in [0.2, 0.25) is 0 Å². The summed E-state index contributed by atoms with van der Waals surface area (Å²) >= 11 is 2.21. The highest BCUT2D eigenvalue weighted by atomic mass is 32.2. The third kappa shape index (κ3) is 5.23. The van der Waals surface area contributed by atoms with E-state index in [1.807, 2.05) is 12.1 Å². The van der Waals surface area contributed by atoms with Gasteiger partial charge in [-0.1, -0.05) is 19.3 Å². The Morgan fingerprint density at radius 3 is 3.04 bits per heavy atom. The van der Waals surface area contributed by atoms with E-state index >= 15 is 0 Å². The molecule has 0 radical (unpaired) electrons. The summed E-state index contributed by atoms with van der Waals surface area (Å²) in [7, 11) is 0. The fourth-order valence-corrected chi connectivity index (χ4v) is 6.06. The zero-order valence-corrected chi connectivity index (χ0v) is 17.1. The Hall–Kier alpha value is -1.14. The molecule has 4 rings (SSSR count). The van der Waals surface area contributed by atoms with Gasteiger partial charge in [0.25, 0.3) is 0 Å². The normalized spacial score (nSPS) is 25.9. The van der Waals surface area contributed by atoms with Gasteiger partial charge in [-0.3, -0.25) is 4.99 Å². The van der Waals surface area contributed by atoms with Gasteiger partial charge < -0.3 is 19.4 Å². The molecule has 3 fully saturated rings. The average molecular weight is 392 g/mol. The predicted octanol–water partition coefficient (Wildman–Crippen LogP) is 3.56. The molecule has 3 heterocycles. The van der Waals surface area contributed by atoms with Crippen molar-refractivity contribution in [1.29, 1.82) is 0 Å². The summed E-state index contributed by atoms with van der Waals surface area (Å²) in [5, 5.41) is 3.64. The van der Waals surface area contributed by atoms with Crippen LogP contribution in [0.25, 0.3) is 0 Å². The summed E-state index contributed by atoms with van der Waals surface area (Å²) in [5.74, 6) is 3.92. The molecule has 5 nitrogen and oxygen atoms in total. The van der Waals surface area contributed by atoms with Crippen LogP contribution in [0.4, 0.5) is 0 Å². The van der Waals surface area contributed by atoms with Crippen LogP contribution in [0.1, 0.15) is 44.3 Å². The second-order valence-electron chi connectivity index (χ2n) is 8.16. The van der Waals surface area contributed by atoms with Crippen molar-refractivity contribution in [3.63, 3.8) is 0 Å². The van der Waals surface area contributed by atoms with E-state index < -0.39 is 0 Å². The van der Waals surface area contributed by atoms with Gasteiger partial charge in [0.15, 0.2) is 5.96 Å². The van der Waals surface area contributed by atoms with Crippen molar-refractivity contribution in [2.45, 2.75) is 49.7 Å². The Bertz CT molecular complexity index is 587. The number of thioether (sulfide) groups is 1. The number of guanidine groups is 1. The van der Waals surface area contributed by atoms with E-state index in [0.717, 1.165) is 64.0 Å². The number of ether oxygens (including phenoxy) is 1. The molecular formula is C21H33N3O2S. The maximum absolute atomic E-state index is 5.54. The molecule has 0 bridgehead atoms. The van der Waals surface area contributed by atoms with Gasteiger partial charge in [-0.25, -0.2) is 0 Å². The maximum atomic E-state index is 5.54. The fourth-order valence-electron chi connectivity index (χ4n) is 4.49. The topological polar surface area (TPSA) is 50.0 Å². The van der Waals surface area contributed by atoms with Crippen LogP contribution >= 0.6 is 11.8 Å². The maximum Gasteiger partial charge on any atom is 0.194 e. The molecule has 2 aliphatic heterocycles. The van der Waals surface area contributed by atoms with Gasteiger partial charge in [-0.05, 0) is 31.4 Å². The van der Waals surface area contributed by atoms with E-state index in [1.165, 1.54) is 37.9 Å². The minimum absolute atomic E-state index is 0.455. The van der Waals surface area contributed by atoms with Gasteiger partial charge in [-0.2, -0.15) is 11.8 Å². The van der Waals surface area contributed by atoms with Crippen LogP contribution in [0.15, 0.2) is 27.8 Å². The number of aliphatic imine (C=N–C) groups is 1. The molecule has 1 aliphatic carbocycles. The lowest BCUT2D eigenvalue weighted by Crippen LogP contribution is -2.53. The van der Waals surface area contributed by atoms with E-state index in [0.29, 0.717) is 10.7 Å². The fraction of sp³-hybridized carbons (Fsp3) is 0.762. The highest BCUT2D eigenvalue weighted by Gasteiger charge is 2.38. The van der Waals surface area contributed by atoms with E-state index in [1.54, 1.807) is 6.26 Å². The first-order chi connectivity index (χ1) is 13.3. The summed E-state index contributed by atoms with van der Waals surface area (Å²) in [4.78, 5) is 7.57. The molecule has 1 saturated carbocycles. The van der Waals surface area contributed by atoms with Crippen LogP contribution < -0.4 is 5.32 Å². The van der Waals surface area contributed by atoms with Gasteiger partial charge in [0, 0.05) is 55.6 Å². The molecular weight excluding hydrogens is 358 g/mol. The van der Waals surface area contributed by atoms with Crippen molar-refractivity contribution < 1.29 is 9.15 Å². The quantitative estimate of drug-likeness (QED) is 0.614. The van der Waals surface area contributed by atoms with Crippen LogP contribution in [-0.2, 0) is 11.2 Å². The summed E-state index contributed by atoms with van der Waals surface area (Å²) < 4.78 is 11.5. The van der Waals surface area contributed by atoms with Gasteiger partial charge in [0.2, 0.25) is 0 Å². The Balaban J connectivity index is 1.39. The number of nitrogens with one attached hydrogen (secondary N) is 1. The molecule has 2 saturated heterocycles. The molecule has 1 aromatic rings. The predicted molar refractivity (Wildman–Crippen MR) is 111 cm³/mol. The molecule has 3 aliphatic rings. The summed E-state index contributed by atoms with van der Waals surface area (Å²) in [6.07, 6.45) is 10.7. The standard InChI is InChI=1S/C21H33N3O2S/c1-2-8-21(9-3-1)17-24(11-14-27-21)20(23-15-18-7-13-25-16-18)22-10-6-19-5-4-12-26-19/h4-5,12,18H,1-3,6-11,13-17H2,(H,22,23). The number of hydrogen-bond acceptors (Lipinski definition) is 4. The van der Waals surface area contributed by atoms with E-state index in [-0.39, 0.29) is 0 Å². The first kappa shape index (κ1) is 19.2. The van der Waals surface area contributed by atoms with E-state index in [2.05, 4.69) is 22.0 Å². The summed E-state index contributed by atoms with van der Waals surface area (Å²) in [6.45, 7) is 5.74. The molecule has 1 N–H and O–H groups in total. The highest BCUT2D eigenvalue weighted by molar-refractivity contribution is 8.00. The molecule has 1 spiro atoms. The number of hydrogen-bond donors (Lipinski definition) is 1. The van der Waals surface area contributed by atoms with Crippen molar-refractivity contribution in [2.24, 2.45) is 10.9 Å². The van der Waals surface area contributed by atoms with Crippen LogP contribution in [0.3, 0.4) is 0 Å². The molecule has 0 aromatic carbocycles. The molecule has 1 atom stereocenters. The minimum Gasteiger partial charge on any atom is -0.469 e. The lowest BCUT2D eigenvalue weighted by atomic mass is 9.87. The van der Waals surface area contributed by atoms with Crippen molar-refractivity contribution in [2.75, 3.05) is 45.1 Å². The Morgan fingerprint density at radius 2 is 2.26 bits per heavy atom. The van der Waals surface area contributed by atoms with Crippen LogP contribution in [0.5, 0.6) is 0 Å². The summed E-state index contributed by atoms with van der Waals surface area (Å²) in [5.41, 5.74) is 0. The molecule has 6 heteroatoms. The molecule has 1 unspecified atom stereocenters. The Kier molecular flexibility index (Phi) is 6.66. The van der Waals surface area contributed by atoms with Gasteiger partial charge in [-0.15, -0.1) is 0 Å². The van der Waals surface area contributed by atoms with Crippen molar-refractivity contribution >= 4 is 17.7 Å². The van der Waals surface area contributed by atoms with Gasteiger partial charge in [0.05, 0.1) is 12.9 Å². The first-order valence-electron chi connectivity index (χ1n) is 10.6. The Labute approximate surface area is 167 Å². The second kappa shape index (κ2) is 9.37. The van der Waals surface area contributed by atoms with E-state index in [9.17, 15) is 0 Å². The second-order valence-corrected chi connectivity index (χ2v) is 9.73. The third-order valence-corrected chi connectivity index (χ3v) is 7.61. The van der Waals surface area contributed by atoms with Crippen molar-refractivity contribution in [3.8, 4) is 0 Å². The van der Waals surface area contributed by atoms with Crippen molar-refractivity contribution in [3.05, 3.63) is 24.2 Å². The smallest absolute Gasteiger partial charge is 0.194 e. The largest absolute Gasteiger partial charge is 0.469 e.